The molecule has 4 saturated heterocycles. The lowest BCUT2D eigenvalue weighted by atomic mass is 9.46. The second kappa shape index (κ2) is 7.54. The minimum Gasteiger partial charge on any atom is -0.459 e. The highest BCUT2D eigenvalue weighted by Crippen LogP contribution is 2.74. The normalized spacial score (nSPS) is 58.7. The first-order chi connectivity index (χ1) is 17.7. The van der Waals surface area contributed by atoms with Crippen molar-refractivity contribution in [3.63, 3.8) is 0 Å². The molecule has 8 nitrogen and oxygen atoms in total. The molecule has 0 amide bonds. The van der Waals surface area contributed by atoms with E-state index in [0.717, 1.165) is 38.5 Å². The fourth-order valence-electron chi connectivity index (χ4n) is 11.3. The predicted molar refractivity (Wildman–Crippen MR) is 134 cm³/mol. The van der Waals surface area contributed by atoms with E-state index in [0.29, 0.717) is 24.7 Å². The van der Waals surface area contributed by atoms with Gasteiger partial charge in [-0.05, 0) is 74.5 Å². The predicted octanol–water partition coefficient (Wildman–Crippen LogP) is 4.46. The lowest BCUT2D eigenvalue weighted by molar-refractivity contribution is -0.464. The Morgan fingerprint density at radius 1 is 0.895 bits per heavy atom. The maximum atomic E-state index is 12.6. The highest BCUT2D eigenvalue weighted by Gasteiger charge is 2.75. The summed E-state index contributed by atoms with van der Waals surface area (Å²) in [5.41, 5.74) is -2.72. The van der Waals surface area contributed by atoms with Crippen LogP contribution in [0.4, 0.5) is 0 Å². The van der Waals surface area contributed by atoms with Gasteiger partial charge in [0.15, 0.2) is 0 Å². The van der Waals surface area contributed by atoms with Crippen LogP contribution in [0.25, 0.3) is 0 Å². The van der Waals surface area contributed by atoms with Crippen LogP contribution >= 0.6 is 0 Å². The SMILES string of the molecule is C[C@@H]1C[C@]2(C[C@@H](C)[C@H]3[C@@H](C[C@@]4(C)[C@@H]5CC[C@H]6C(C)(C)OC(=O)C[C@H]7OO[C@]5(CC[C@]34C)C[C@]76O)O2)OC1=O. The van der Waals surface area contributed by atoms with Crippen LogP contribution in [-0.2, 0) is 33.6 Å². The smallest absolute Gasteiger partial charge is 0.311 e. The van der Waals surface area contributed by atoms with Gasteiger partial charge < -0.3 is 19.3 Å². The molecule has 7 aliphatic rings. The second-order valence-corrected chi connectivity index (χ2v) is 15.2. The van der Waals surface area contributed by atoms with Gasteiger partial charge in [-0.1, -0.05) is 27.7 Å². The molecule has 1 N–H and O–H groups in total. The molecule has 3 aliphatic carbocycles. The van der Waals surface area contributed by atoms with Crippen LogP contribution in [-0.4, -0.2) is 51.8 Å². The van der Waals surface area contributed by atoms with Crippen molar-refractivity contribution in [3.8, 4) is 0 Å². The summed E-state index contributed by atoms with van der Waals surface area (Å²) >= 11 is 0. The van der Waals surface area contributed by atoms with Crippen LogP contribution in [0.3, 0.4) is 0 Å². The van der Waals surface area contributed by atoms with Crippen LogP contribution in [0, 0.1) is 40.4 Å². The maximum absolute atomic E-state index is 12.6. The zero-order valence-electron chi connectivity index (χ0n) is 23.7. The Morgan fingerprint density at radius 2 is 1.63 bits per heavy atom. The van der Waals surface area contributed by atoms with E-state index < -0.39 is 28.7 Å². The molecule has 4 aliphatic heterocycles. The van der Waals surface area contributed by atoms with Crippen molar-refractivity contribution in [3.05, 3.63) is 0 Å². The zero-order chi connectivity index (χ0) is 27.1. The van der Waals surface area contributed by atoms with Crippen LogP contribution in [0.1, 0.15) is 99.3 Å². The molecule has 3 saturated carbocycles. The van der Waals surface area contributed by atoms with Crippen LogP contribution in [0.15, 0.2) is 0 Å². The minimum atomic E-state index is -1.19. The van der Waals surface area contributed by atoms with Crippen molar-refractivity contribution < 1.29 is 38.7 Å². The highest BCUT2D eigenvalue weighted by atomic mass is 17.2. The summed E-state index contributed by atoms with van der Waals surface area (Å²) in [6.07, 6.45) is 5.33. The molecule has 2 bridgehead atoms. The molecule has 12 atom stereocenters. The van der Waals surface area contributed by atoms with Crippen LogP contribution in [0.5, 0.6) is 0 Å². The molecule has 38 heavy (non-hydrogen) atoms. The van der Waals surface area contributed by atoms with Gasteiger partial charge in [0.25, 0.3) is 0 Å². The molecule has 212 valence electrons. The van der Waals surface area contributed by atoms with Gasteiger partial charge in [0, 0.05) is 25.2 Å². The first-order valence-electron chi connectivity index (χ1n) is 14.9. The van der Waals surface area contributed by atoms with Gasteiger partial charge in [-0.2, -0.15) is 0 Å². The Morgan fingerprint density at radius 3 is 2.34 bits per heavy atom. The molecule has 0 aromatic carbocycles. The lowest BCUT2D eigenvalue weighted by Crippen LogP contribution is -2.66. The quantitative estimate of drug-likeness (QED) is 0.361. The number of hydrogen-bond donors (Lipinski definition) is 1. The number of esters is 2. The summed E-state index contributed by atoms with van der Waals surface area (Å²) in [6.45, 7) is 13.0. The van der Waals surface area contributed by atoms with Crippen molar-refractivity contribution in [2.24, 2.45) is 40.4 Å². The average molecular weight is 533 g/mol. The molecule has 0 aromatic rings. The van der Waals surface area contributed by atoms with Gasteiger partial charge in [-0.25, -0.2) is 9.78 Å². The molecular weight excluding hydrogens is 488 g/mol. The zero-order valence-corrected chi connectivity index (χ0v) is 23.7. The number of carbonyl (C=O) groups is 2. The molecule has 8 heteroatoms. The fourth-order valence-corrected chi connectivity index (χ4v) is 11.3. The third-order valence-electron chi connectivity index (χ3n) is 12.8. The first kappa shape index (κ1) is 25.7. The van der Waals surface area contributed by atoms with Gasteiger partial charge in [0.1, 0.15) is 22.9 Å². The minimum absolute atomic E-state index is 0.000881. The maximum Gasteiger partial charge on any atom is 0.311 e. The van der Waals surface area contributed by atoms with Gasteiger partial charge >= 0.3 is 11.9 Å². The largest absolute Gasteiger partial charge is 0.459 e. The van der Waals surface area contributed by atoms with Crippen molar-refractivity contribution in [2.75, 3.05) is 0 Å². The average Bonchev–Trinajstić information content (AvgIpc) is 3.11. The highest BCUT2D eigenvalue weighted by molar-refractivity contribution is 5.74. The van der Waals surface area contributed by atoms with Gasteiger partial charge in [-0.15, -0.1) is 0 Å². The van der Waals surface area contributed by atoms with Gasteiger partial charge in [0.2, 0.25) is 5.79 Å². The third kappa shape index (κ3) is 3.07. The number of cyclic esters (lactones) is 1. The second-order valence-electron chi connectivity index (χ2n) is 15.2. The van der Waals surface area contributed by atoms with Crippen molar-refractivity contribution >= 4 is 11.9 Å². The van der Waals surface area contributed by atoms with Crippen molar-refractivity contribution in [1.82, 2.24) is 0 Å². The Balaban J connectivity index is 1.27. The van der Waals surface area contributed by atoms with E-state index in [1.54, 1.807) is 0 Å². The van der Waals surface area contributed by atoms with E-state index in [-0.39, 0.29) is 53.0 Å². The number of fused-ring (bicyclic) bond motifs is 4. The van der Waals surface area contributed by atoms with Gasteiger partial charge in [0.05, 0.1) is 18.4 Å². The molecule has 2 spiro atoms. The van der Waals surface area contributed by atoms with Gasteiger partial charge in [-0.3, -0.25) is 9.59 Å². The van der Waals surface area contributed by atoms with E-state index in [2.05, 4.69) is 20.8 Å². The molecule has 7 fully saturated rings. The van der Waals surface area contributed by atoms with E-state index in [1.165, 1.54) is 0 Å². The fraction of sp³-hybridized carbons (Fsp3) is 0.933. The number of hydrogen-bond acceptors (Lipinski definition) is 8. The van der Waals surface area contributed by atoms with E-state index in [4.69, 9.17) is 24.0 Å². The number of ether oxygens (including phenoxy) is 3. The van der Waals surface area contributed by atoms with Crippen molar-refractivity contribution in [2.45, 2.75) is 134 Å². The number of aliphatic hydroxyl groups is 1. The Kier molecular flexibility index (Phi) is 5.10. The first-order valence-corrected chi connectivity index (χ1v) is 14.9. The molecule has 0 aromatic heterocycles. The Hall–Kier alpha value is -1.22. The summed E-state index contributed by atoms with van der Waals surface area (Å²) in [5.74, 6) is -0.798. The van der Waals surface area contributed by atoms with Crippen molar-refractivity contribution in [1.29, 1.82) is 0 Å². The topological polar surface area (TPSA) is 101 Å². The van der Waals surface area contributed by atoms with Crippen LogP contribution in [0.2, 0.25) is 0 Å². The number of carbonyl (C=O) groups excluding carboxylic acids is 2. The summed E-state index contributed by atoms with van der Waals surface area (Å²) in [6, 6.07) is 0. The van der Waals surface area contributed by atoms with E-state index >= 15 is 0 Å². The summed E-state index contributed by atoms with van der Waals surface area (Å²) < 4.78 is 18.6. The molecular formula is C30H44O8. The third-order valence-corrected chi connectivity index (χ3v) is 12.8. The summed E-state index contributed by atoms with van der Waals surface area (Å²) in [4.78, 5) is 37.4. The molecule has 7 rings (SSSR count). The molecule has 0 unspecified atom stereocenters. The molecule has 0 radical (unpaired) electrons. The summed E-state index contributed by atoms with van der Waals surface area (Å²) in [5, 5.41) is 12.3. The number of rotatable bonds is 0. The standard InChI is InChI=1S/C30H44O8/c1-16-12-29(13-17(2)24(32)36-29)34-18-14-27(6)20-8-7-19-25(3,4)35-22(31)11-21-30(19,33)15-28(20,38-37-21)10-9-26(27,5)23(16)18/h16-21,23,33H,7-15H2,1-6H3/t16-,17-,18-,19+,20+,21-,23+,26-,27+,28-,29+,30-/m1/s1. The Labute approximate surface area is 225 Å². The summed E-state index contributed by atoms with van der Waals surface area (Å²) in [7, 11) is 0. The Bertz CT molecular complexity index is 1070. The van der Waals surface area contributed by atoms with Crippen LogP contribution < -0.4 is 0 Å². The van der Waals surface area contributed by atoms with E-state index in [9.17, 15) is 14.7 Å². The lowest BCUT2D eigenvalue weighted by Gasteiger charge is -2.62. The van der Waals surface area contributed by atoms with E-state index in [1.807, 2.05) is 20.8 Å². The molecule has 4 heterocycles. The monoisotopic (exact) mass is 532 g/mol.